The third-order valence-corrected chi connectivity index (χ3v) is 4.93. The predicted octanol–water partition coefficient (Wildman–Crippen LogP) is 1.38. The quantitative estimate of drug-likeness (QED) is 0.817. The van der Waals surface area contributed by atoms with Crippen LogP contribution in [0, 0.1) is 13.8 Å². The third-order valence-electron chi connectivity index (χ3n) is 4.93. The van der Waals surface area contributed by atoms with Crippen molar-refractivity contribution in [3.8, 4) is 0 Å². The summed E-state index contributed by atoms with van der Waals surface area (Å²) in [6, 6.07) is 5.82. The zero-order valence-corrected chi connectivity index (χ0v) is 15.8. The highest BCUT2D eigenvalue weighted by molar-refractivity contribution is 5.93. The van der Waals surface area contributed by atoms with Gasteiger partial charge in [-0.15, -0.1) is 0 Å². The van der Waals surface area contributed by atoms with Crippen molar-refractivity contribution in [2.24, 2.45) is 0 Å². The van der Waals surface area contributed by atoms with E-state index < -0.39 is 0 Å². The van der Waals surface area contributed by atoms with E-state index in [9.17, 15) is 9.59 Å². The van der Waals surface area contributed by atoms with Crippen LogP contribution in [0.25, 0.3) is 0 Å². The molecule has 1 aromatic rings. The summed E-state index contributed by atoms with van der Waals surface area (Å²) in [6.07, 6.45) is 0. The number of carbonyl (C=O) groups is 2. The molecule has 6 nitrogen and oxygen atoms in total. The van der Waals surface area contributed by atoms with Gasteiger partial charge >= 0.3 is 0 Å². The minimum atomic E-state index is -0.120. The highest BCUT2D eigenvalue weighted by atomic mass is 16.2. The zero-order chi connectivity index (χ0) is 18.4. The van der Waals surface area contributed by atoms with Gasteiger partial charge < -0.3 is 10.6 Å². The van der Waals surface area contributed by atoms with Crippen LogP contribution in [-0.2, 0) is 9.59 Å². The second-order valence-electron chi connectivity index (χ2n) is 6.68. The van der Waals surface area contributed by atoms with Gasteiger partial charge in [0.1, 0.15) is 0 Å². The molecule has 2 amide bonds. The Balaban J connectivity index is 1.80. The fraction of sp³-hybridized carbons (Fsp3) is 0.579. The minimum Gasteiger partial charge on any atom is -0.355 e. The summed E-state index contributed by atoms with van der Waals surface area (Å²) in [5.41, 5.74) is 3.16. The van der Waals surface area contributed by atoms with E-state index in [0.29, 0.717) is 13.1 Å². The number of piperazine rings is 1. The number of rotatable bonds is 6. The van der Waals surface area contributed by atoms with Gasteiger partial charge in [-0.3, -0.25) is 19.4 Å². The molecule has 1 atom stereocenters. The maximum absolute atomic E-state index is 12.3. The predicted molar refractivity (Wildman–Crippen MR) is 101 cm³/mol. The van der Waals surface area contributed by atoms with Crippen LogP contribution >= 0.6 is 0 Å². The van der Waals surface area contributed by atoms with Crippen LogP contribution in [0.1, 0.15) is 25.0 Å². The normalized spacial score (nSPS) is 17.1. The molecule has 1 aliphatic rings. The molecule has 138 valence electrons. The Labute approximate surface area is 150 Å². The van der Waals surface area contributed by atoms with Gasteiger partial charge in [0.15, 0.2) is 0 Å². The second kappa shape index (κ2) is 8.97. The summed E-state index contributed by atoms with van der Waals surface area (Å²) in [5.74, 6) is 0.0857. The molecule has 0 spiro atoms. The number of benzene rings is 1. The lowest BCUT2D eigenvalue weighted by Gasteiger charge is -2.37. The fourth-order valence-electron chi connectivity index (χ4n) is 3.08. The maximum atomic E-state index is 12.3. The van der Waals surface area contributed by atoms with Gasteiger partial charge in [0.25, 0.3) is 0 Å². The Morgan fingerprint density at radius 1 is 1.16 bits per heavy atom. The van der Waals surface area contributed by atoms with Crippen LogP contribution in [0.5, 0.6) is 0 Å². The summed E-state index contributed by atoms with van der Waals surface area (Å²) in [4.78, 5) is 28.6. The molecule has 2 N–H and O–H groups in total. The first-order valence-electron chi connectivity index (χ1n) is 9.02. The molecule has 0 saturated carbocycles. The Morgan fingerprint density at radius 2 is 1.84 bits per heavy atom. The van der Waals surface area contributed by atoms with E-state index >= 15 is 0 Å². The summed E-state index contributed by atoms with van der Waals surface area (Å²) in [6.45, 7) is 12.2. The number of nitrogens with zero attached hydrogens (tertiary/aromatic N) is 2. The van der Waals surface area contributed by atoms with Crippen molar-refractivity contribution in [1.82, 2.24) is 15.1 Å². The van der Waals surface area contributed by atoms with Crippen molar-refractivity contribution in [2.45, 2.75) is 33.7 Å². The maximum Gasteiger partial charge on any atom is 0.238 e. The molecule has 1 saturated heterocycles. The van der Waals surface area contributed by atoms with E-state index in [4.69, 9.17) is 0 Å². The Kier molecular flexibility index (Phi) is 6.96. The number of hydrogen-bond acceptors (Lipinski definition) is 4. The summed E-state index contributed by atoms with van der Waals surface area (Å²) >= 11 is 0. The van der Waals surface area contributed by atoms with Crippen LogP contribution in [0.2, 0.25) is 0 Å². The number of aryl methyl sites for hydroxylation is 1. The fourth-order valence-corrected chi connectivity index (χ4v) is 3.08. The SMILES string of the molecule is CCNC(=O)[C@H](C)N1CCN(CC(=O)Nc2cccc(C)c2C)CC1. The lowest BCUT2D eigenvalue weighted by Crippen LogP contribution is -2.54. The van der Waals surface area contributed by atoms with Crippen LogP contribution < -0.4 is 10.6 Å². The molecule has 1 heterocycles. The smallest absolute Gasteiger partial charge is 0.238 e. The minimum absolute atomic E-state index is 0.0129. The third kappa shape index (κ3) is 5.28. The monoisotopic (exact) mass is 346 g/mol. The van der Waals surface area contributed by atoms with E-state index in [2.05, 4.69) is 20.4 Å². The van der Waals surface area contributed by atoms with E-state index in [0.717, 1.165) is 37.4 Å². The lowest BCUT2D eigenvalue weighted by atomic mass is 10.1. The van der Waals surface area contributed by atoms with E-state index in [1.807, 2.05) is 45.9 Å². The molecule has 1 aliphatic heterocycles. The Morgan fingerprint density at radius 3 is 2.48 bits per heavy atom. The van der Waals surface area contributed by atoms with Gasteiger partial charge in [-0.1, -0.05) is 12.1 Å². The standard InChI is InChI=1S/C19H30N4O2/c1-5-20-19(25)16(4)23-11-9-22(10-12-23)13-18(24)21-17-8-6-7-14(2)15(17)3/h6-8,16H,5,9-13H2,1-4H3,(H,20,25)(H,21,24)/t16-/m0/s1. The molecule has 1 fully saturated rings. The lowest BCUT2D eigenvalue weighted by molar-refractivity contribution is -0.127. The molecule has 25 heavy (non-hydrogen) atoms. The summed E-state index contributed by atoms with van der Waals surface area (Å²) in [7, 11) is 0. The van der Waals surface area contributed by atoms with E-state index in [1.54, 1.807) is 0 Å². The number of carbonyl (C=O) groups excluding carboxylic acids is 2. The molecule has 0 aromatic heterocycles. The topological polar surface area (TPSA) is 64.7 Å². The van der Waals surface area contributed by atoms with Crippen molar-refractivity contribution < 1.29 is 9.59 Å². The summed E-state index contributed by atoms with van der Waals surface area (Å²) in [5, 5.41) is 5.87. The molecular weight excluding hydrogens is 316 g/mol. The number of likely N-dealkylation sites (N-methyl/N-ethyl adjacent to an activating group) is 1. The average Bonchev–Trinajstić information content (AvgIpc) is 2.59. The summed E-state index contributed by atoms with van der Waals surface area (Å²) < 4.78 is 0. The van der Waals surface area contributed by atoms with Crippen LogP contribution in [0.3, 0.4) is 0 Å². The average molecular weight is 346 g/mol. The van der Waals surface area contributed by atoms with Crippen molar-refractivity contribution in [3.63, 3.8) is 0 Å². The van der Waals surface area contributed by atoms with Gasteiger partial charge in [0.2, 0.25) is 11.8 Å². The second-order valence-corrected chi connectivity index (χ2v) is 6.68. The molecule has 0 radical (unpaired) electrons. The van der Waals surface area contributed by atoms with Crippen LogP contribution in [0.15, 0.2) is 18.2 Å². The van der Waals surface area contributed by atoms with Crippen molar-refractivity contribution in [3.05, 3.63) is 29.3 Å². The molecule has 0 unspecified atom stereocenters. The molecule has 2 rings (SSSR count). The number of anilines is 1. The van der Waals surface area contributed by atoms with E-state index in [-0.39, 0.29) is 17.9 Å². The Bertz CT molecular complexity index is 609. The van der Waals surface area contributed by atoms with Crippen molar-refractivity contribution >= 4 is 17.5 Å². The van der Waals surface area contributed by atoms with Gasteiger partial charge in [-0.05, 0) is 44.9 Å². The van der Waals surface area contributed by atoms with Gasteiger partial charge in [0, 0.05) is 38.4 Å². The van der Waals surface area contributed by atoms with Crippen LogP contribution in [-0.4, -0.2) is 66.9 Å². The number of hydrogen-bond donors (Lipinski definition) is 2. The first-order valence-corrected chi connectivity index (χ1v) is 9.02. The highest BCUT2D eigenvalue weighted by Gasteiger charge is 2.25. The van der Waals surface area contributed by atoms with Crippen LogP contribution in [0.4, 0.5) is 5.69 Å². The zero-order valence-electron chi connectivity index (χ0n) is 15.8. The number of nitrogens with one attached hydrogen (secondary N) is 2. The molecule has 1 aromatic carbocycles. The van der Waals surface area contributed by atoms with Gasteiger partial charge in [-0.25, -0.2) is 0 Å². The number of amides is 2. The van der Waals surface area contributed by atoms with Crippen molar-refractivity contribution in [2.75, 3.05) is 44.6 Å². The molecular formula is C19H30N4O2. The van der Waals surface area contributed by atoms with Gasteiger partial charge in [-0.2, -0.15) is 0 Å². The first kappa shape index (κ1) is 19.4. The first-order chi connectivity index (χ1) is 11.9. The molecule has 0 aliphatic carbocycles. The van der Waals surface area contributed by atoms with E-state index in [1.165, 1.54) is 5.56 Å². The largest absolute Gasteiger partial charge is 0.355 e. The molecule has 6 heteroatoms. The van der Waals surface area contributed by atoms with Crippen molar-refractivity contribution in [1.29, 1.82) is 0 Å². The molecule has 0 bridgehead atoms. The van der Waals surface area contributed by atoms with Gasteiger partial charge in [0.05, 0.1) is 12.6 Å². The Hall–Kier alpha value is -1.92. The highest BCUT2D eigenvalue weighted by Crippen LogP contribution is 2.18.